The zero-order valence-electron chi connectivity index (χ0n) is 10.4. The van der Waals surface area contributed by atoms with Crippen LogP contribution in [0.25, 0.3) is 0 Å². The number of carboxylic acids is 1. The van der Waals surface area contributed by atoms with Crippen LogP contribution >= 0.6 is 0 Å². The Morgan fingerprint density at radius 3 is 2.78 bits per heavy atom. The van der Waals surface area contributed by atoms with E-state index in [-0.39, 0.29) is 5.56 Å². The molecule has 0 spiro atoms. The minimum atomic E-state index is -1.23. The van der Waals surface area contributed by atoms with Crippen molar-refractivity contribution in [1.29, 1.82) is 0 Å². The first-order chi connectivity index (χ1) is 8.58. The van der Waals surface area contributed by atoms with Gasteiger partial charge in [0.25, 0.3) is 0 Å². The van der Waals surface area contributed by atoms with E-state index in [2.05, 4.69) is 12.2 Å². The molecule has 1 fully saturated rings. The van der Waals surface area contributed by atoms with Crippen molar-refractivity contribution < 1.29 is 14.3 Å². The lowest BCUT2D eigenvalue weighted by atomic mass is 9.80. The van der Waals surface area contributed by atoms with Gasteiger partial charge in [-0.05, 0) is 43.4 Å². The van der Waals surface area contributed by atoms with Crippen LogP contribution in [0.1, 0.15) is 42.1 Å². The van der Waals surface area contributed by atoms with Crippen molar-refractivity contribution in [2.75, 3.05) is 0 Å². The van der Waals surface area contributed by atoms with Crippen LogP contribution in [0.15, 0.2) is 18.2 Å². The Morgan fingerprint density at radius 1 is 1.56 bits per heavy atom. The van der Waals surface area contributed by atoms with Gasteiger partial charge in [0.15, 0.2) is 0 Å². The highest BCUT2D eigenvalue weighted by Crippen LogP contribution is 2.29. The second-order valence-electron chi connectivity index (χ2n) is 4.98. The van der Waals surface area contributed by atoms with Gasteiger partial charge < -0.3 is 10.4 Å². The molecule has 0 amide bonds. The molecule has 4 heteroatoms. The van der Waals surface area contributed by atoms with E-state index in [1.807, 2.05) is 0 Å². The molecule has 0 saturated heterocycles. The molecule has 0 radical (unpaired) electrons. The minimum absolute atomic E-state index is 0.272. The molecule has 1 atom stereocenters. The van der Waals surface area contributed by atoms with E-state index in [1.165, 1.54) is 31.4 Å². The molecule has 1 unspecified atom stereocenters. The molecule has 1 aromatic carbocycles. The summed E-state index contributed by atoms with van der Waals surface area (Å²) in [4.78, 5) is 10.7. The van der Waals surface area contributed by atoms with Crippen LogP contribution in [0, 0.1) is 11.7 Å². The molecule has 18 heavy (non-hydrogen) atoms. The van der Waals surface area contributed by atoms with E-state index >= 15 is 0 Å². The van der Waals surface area contributed by atoms with E-state index in [0.29, 0.717) is 12.6 Å². The van der Waals surface area contributed by atoms with Crippen molar-refractivity contribution in [2.45, 2.75) is 38.8 Å². The molecule has 1 aliphatic carbocycles. The Bertz CT molecular complexity index is 443. The third-order valence-electron chi connectivity index (χ3n) is 3.75. The van der Waals surface area contributed by atoms with Crippen molar-refractivity contribution in [3.05, 3.63) is 35.1 Å². The van der Waals surface area contributed by atoms with Crippen molar-refractivity contribution in [3.8, 4) is 0 Å². The SMILES string of the molecule is CC(NCc1ccc(C(=O)O)c(F)c1)C1CCC1. The second kappa shape index (κ2) is 5.48. The zero-order valence-corrected chi connectivity index (χ0v) is 10.4. The Morgan fingerprint density at radius 2 is 2.28 bits per heavy atom. The summed E-state index contributed by atoms with van der Waals surface area (Å²) in [5, 5.41) is 12.1. The number of nitrogens with one attached hydrogen (secondary N) is 1. The molecular weight excluding hydrogens is 233 g/mol. The number of carboxylic acid groups (broad SMARTS) is 1. The highest BCUT2D eigenvalue weighted by molar-refractivity contribution is 5.87. The van der Waals surface area contributed by atoms with Crippen molar-refractivity contribution in [2.24, 2.45) is 5.92 Å². The molecule has 1 aromatic rings. The topological polar surface area (TPSA) is 49.3 Å². The average molecular weight is 251 g/mol. The van der Waals surface area contributed by atoms with Crippen LogP contribution in [-0.2, 0) is 6.54 Å². The maximum Gasteiger partial charge on any atom is 0.338 e. The molecule has 0 bridgehead atoms. The predicted octanol–water partition coefficient (Wildman–Crippen LogP) is 2.80. The molecule has 2 rings (SSSR count). The molecule has 2 N–H and O–H groups in total. The van der Waals surface area contributed by atoms with Gasteiger partial charge in [-0.2, -0.15) is 0 Å². The maximum atomic E-state index is 13.5. The standard InChI is InChI=1S/C14H18FNO2/c1-9(11-3-2-4-11)16-8-10-5-6-12(14(17)18)13(15)7-10/h5-7,9,11,16H,2-4,8H2,1H3,(H,17,18). The number of benzene rings is 1. The van der Waals surface area contributed by atoms with Gasteiger partial charge in [-0.3, -0.25) is 0 Å². The van der Waals surface area contributed by atoms with Gasteiger partial charge in [-0.15, -0.1) is 0 Å². The van der Waals surface area contributed by atoms with Crippen LogP contribution in [0.5, 0.6) is 0 Å². The lowest BCUT2D eigenvalue weighted by molar-refractivity contribution is 0.0692. The summed E-state index contributed by atoms with van der Waals surface area (Å²) in [6, 6.07) is 4.71. The Hall–Kier alpha value is -1.42. The second-order valence-corrected chi connectivity index (χ2v) is 4.98. The molecular formula is C14H18FNO2. The van der Waals surface area contributed by atoms with E-state index < -0.39 is 11.8 Å². The fourth-order valence-corrected chi connectivity index (χ4v) is 2.23. The average Bonchev–Trinajstić information content (AvgIpc) is 2.23. The summed E-state index contributed by atoms with van der Waals surface area (Å²) >= 11 is 0. The number of hydrogen-bond donors (Lipinski definition) is 2. The lowest BCUT2D eigenvalue weighted by Crippen LogP contribution is -2.36. The van der Waals surface area contributed by atoms with E-state index in [1.54, 1.807) is 6.07 Å². The third kappa shape index (κ3) is 2.88. The first-order valence-electron chi connectivity index (χ1n) is 6.33. The molecule has 1 aliphatic rings. The van der Waals surface area contributed by atoms with Crippen LogP contribution in [-0.4, -0.2) is 17.1 Å². The van der Waals surface area contributed by atoms with Crippen molar-refractivity contribution in [3.63, 3.8) is 0 Å². The number of hydrogen-bond acceptors (Lipinski definition) is 2. The first kappa shape index (κ1) is 13.0. The maximum absolute atomic E-state index is 13.5. The van der Waals surface area contributed by atoms with Gasteiger partial charge in [0.05, 0.1) is 5.56 Å². The van der Waals surface area contributed by atoms with Gasteiger partial charge >= 0.3 is 5.97 Å². The van der Waals surface area contributed by atoms with Gasteiger partial charge in [0, 0.05) is 12.6 Å². The van der Waals surface area contributed by atoms with Gasteiger partial charge in [-0.1, -0.05) is 12.5 Å². The summed E-state index contributed by atoms with van der Waals surface area (Å²) in [7, 11) is 0. The largest absolute Gasteiger partial charge is 0.478 e. The summed E-state index contributed by atoms with van der Waals surface area (Å²) < 4.78 is 13.5. The number of aromatic carboxylic acids is 1. The van der Waals surface area contributed by atoms with E-state index in [9.17, 15) is 9.18 Å². The summed E-state index contributed by atoms with van der Waals surface area (Å²) in [5.74, 6) is -1.17. The highest BCUT2D eigenvalue weighted by Gasteiger charge is 2.23. The highest BCUT2D eigenvalue weighted by atomic mass is 19.1. The molecule has 0 aromatic heterocycles. The normalized spacial score (nSPS) is 17.2. The van der Waals surface area contributed by atoms with Gasteiger partial charge in [-0.25, -0.2) is 9.18 Å². The molecule has 98 valence electrons. The number of rotatable bonds is 5. The van der Waals surface area contributed by atoms with Crippen LogP contribution in [0.3, 0.4) is 0 Å². The number of halogens is 1. The molecule has 0 aliphatic heterocycles. The van der Waals surface area contributed by atoms with E-state index in [0.717, 1.165) is 11.5 Å². The summed E-state index contributed by atoms with van der Waals surface area (Å²) in [5.41, 5.74) is 0.509. The van der Waals surface area contributed by atoms with Crippen molar-refractivity contribution in [1.82, 2.24) is 5.32 Å². The van der Waals surface area contributed by atoms with Gasteiger partial charge in [0.2, 0.25) is 0 Å². The first-order valence-corrected chi connectivity index (χ1v) is 6.33. The summed E-state index contributed by atoms with van der Waals surface area (Å²) in [6.45, 7) is 2.72. The zero-order chi connectivity index (χ0) is 13.1. The number of carbonyl (C=O) groups is 1. The van der Waals surface area contributed by atoms with Crippen LogP contribution < -0.4 is 5.32 Å². The molecule has 3 nitrogen and oxygen atoms in total. The van der Waals surface area contributed by atoms with Crippen LogP contribution in [0.4, 0.5) is 4.39 Å². The van der Waals surface area contributed by atoms with Crippen molar-refractivity contribution >= 4 is 5.97 Å². The fraction of sp³-hybridized carbons (Fsp3) is 0.500. The quantitative estimate of drug-likeness (QED) is 0.846. The van der Waals surface area contributed by atoms with Gasteiger partial charge in [0.1, 0.15) is 5.82 Å². The predicted molar refractivity (Wildman–Crippen MR) is 67.0 cm³/mol. The Kier molecular flexibility index (Phi) is 3.97. The summed E-state index contributed by atoms with van der Waals surface area (Å²) in [6.07, 6.45) is 3.83. The third-order valence-corrected chi connectivity index (χ3v) is 3.75. The molecule has 0 heterocycles. The Balaban J connectivity index is 1.93. The fourth-order valence-electron chi connectivity index (χ4n) is 2.23. The molecule has 1 saturated carbocycles. The Labute approximate surface area is 106 Å². The smallest absolute Gasteiger partial charge is 0.338 e. The monoisotopic (exact) mass is 251 g/mol. The van der Waals surface area contributed by atoms with Crippen LogP contribution in [0.2, 0.25) is 0 Å². The minimum Gasteiger partial charge on any atom is -0.478 e. The lowest BCUT2D eigenvalue weighted by Gasteiger charge is -2.32. The van der Waals surface area contributed by atoms with E-state index in [4.69, 9.17) is 5.11 Å².